The zero-order valence-corrected chi connectivity index (χ0v) is 17.7. The highest BCUT2D eigenvalue weighted by Crippen LogP contribution is 2.31. The minimum absolute atomic E-state index is 0.0925. The van der Waals surface area contributed by atoms with Crippen LogP contribution < -0.4 is 4.74 Å². The number of amides is 1. The molecule has 0 bridgehead atoms. The van der Waals surface area contributed by atoms with E-state index in [1.54, 1.807) is 7.11 Å². The van der Waals surface area contributed by atoms with E-state index in [0.717, 1.165) is 50.2 Å². The summed E-state index contributed by atoms with van der Waals surface area (Å²) in [4.78, 5) is 22.1. The van der Waals surface area contributed by atoms with Gasteiger partial charge in [0.15, 0.2) is 0 Å². The van der Waals surface area contributed by atoms with Crippen molar-refractivity contribution in [2.45, 2.75) is 32.4 Å². The van der Waals surface area contributed by atoms with E-state index in [1.807, 2.05) is 41.6 Å². The lowest BCUT2D eigenvalue weighted by molar-refractivity contribution is -0.137. The number of carbonyl (C=O) groups excluding carboxylic acids is 1. The van der Waals surface area contributed by atoms with Gasteiger partial charge in [0.2, 0.25) is 5.91 Å². The van der Waals surface area contributed by atoms with Gasteiger partial charge >= 0.3 is 0 Å². The SMILES string of the molecule is COc1cccc(CN2CC=CC[C@H](C3CCN(Cc4cccnc4)CC3)C2=O)c1. The summed E-state index contributed by atoms with van der Waals surface area (Å²) in [5.41, 5.74) is 2.37. The number of allylic oxidation sites excluding steroid dienone is 1. The molecule has 30 heavy (non-hydrogen) atoms. The monoisotopic (exact) mass is 405 g/mol. The van der Waals surface area contributed by atoms with E-state index in [4.69, 9.17) is 4.74 Å². The van der Waals surface area contributed by atoms with Gasteiger partial charge in [0, 0.05) is 37.9 Å². The number of likely N-dealkylation sites (tertiary alicyclic amines) is 1. The Hall–Kier alpha value is -2.66. The summed E-state index contributed by atoms with van der Waals surface area (Å²) in [6.45, 7) is 4.36. The average Bonchev–Trinajstić information content (AvgIpc) is 2.97. The van der Waals surface area contributed by atoms with Crippen molar-refractivity contribution >= 4 is 5.91 Å². The largest absolute Gasteiger partial charge is 0.497 e. The van der Waals surface area contributed by atoms with Gasteiger partial charge in [-0.15, -0.1) is 0 Å². The third kappa shape index (κ3) is 5.08. The summed E-state index contributed by atoms with van der Waals surface area (Å²) in [5.74, 6) is 1.68. The Morgan fingerprint density at radius 3 is 2.67 bits per heavy atom. The van der Waals surface area contributed by atoms with E-state index in [-0.39, 0.29) is 5.92 Å². The Kier molecular flexibility index (Phi) is 6.80. The predicted octanol–water partition coefficient (Wildman–Crippen LogP) is 3.91. The van der Waals surface area contributed by atoms with Crippen LogP contribution >= 0.6 is 0 Å². The number of hydrogen-bond acceptors (Lipinski definition) is 4. The molecule has 0 aliphatic carbocycles. The highest BCUT2D eigenvalue weighted by molar-refractivity contribution is 5.80. The van der Waals surface area contributed by atoms with Crippen molar-refractivity contribution in [1.82, 2.24) is 14.8 Å². The Bertz CT molecular complexity index is 860. The maximum Gasteiger partial charge on any atom is 0.226 e. The summed E-state index contributed by atoms with van der Waals surface area (Å²) in [5, 5.41) is 0. The Balaban J connectivity index is 1.36. The summed E-state index contributed by atoms with van der Waals surface area (Å²) in [6, 6.07) is 12.1. The van der Waals surface area contributed by atoms with Crippen LogP contribution in [0.15, 0.2) is 60.9 Å². The van der Waals surface area contributed by atoms with Gasteiger partial charge in [0.1, 0.15) is 5.75 Å². The van der Waals surface area contributed by atoms with Crippen molar-refractivity contribution in [3.05, 3.63) is 72.1 Å². The molecule has 1 aromatic carbocycles. The molecule has 1 fully saturated rings. The van der Waals surface area contributed by atoms with Crippen LogP contribution in [-0.4, -0.2) is 47.4 Å². The quantitative estimate of drug-likeness (QED) is 0.684. The van der Waals surface area contributed by atoms with Crippen molar-refractivity contribution in [3.63, 3.8) is 0 Å². The molecule has 4 rings (SSSR count). The van der Waals surface area contributed by atoms with Crippen LogP contribution in [0.25, 0.3) is 0 Å². The van der Waals surface area contributed by atoms with Crippen LogP contribution in [0.1, 0.15) is 30.4 Å². The van der Waals surface area contributed by atoms with E-state index in [2.05, 4.69) is 34.2 Å². The molecule has 1 atom stereocenters. The number of pyridine rings is 1. The second-order valence-corrected chi connectivity index (χ2v) is 8.36. The van der Waals surface area contributed by atoms with Crippen molar-refractivity contribution in [1.29, 1.82) is 0 Å². The Labute approximate surface area is 179 Å². The first-order valence-corrected chi connectivity index (χ1v) is 10.9. The molecule has 0 radical (unpaired) electrons. The molecule has 0 unspecified atom stereocenters. The molecule has 1 amide bonds. The molecule has 1 aromatic heterocycles. The summed E-state index contributed by atoms with van der Waals surface area (Å²) in [7, 11) is 1.68. The molecule has 2 aliphatic heterocycles. The lowest BCUT2D eigenvalue weighted by atomic mass is 9.81. The number of piperidine rings is 1. The molecule has 2 aliphatic rings. The number of methoxy groups -OCH3 is 1. The molecule has 0 N–H and O–H groups in total. The zero-order chi connectivity index (χ0) is 20.8. The number of hydrogen-bond donors (Lipinski definition) is 0. The van der Waals surface area contributed by atoms with Crippen LogP contribution in [0.5, 0.6) is 5.75 Å². The van der Waals surface area contributed by atoms with E-state index in [0.29, 0.717) is 24.9 Å². The van der Waals surface area contributed by atoms with Gasteiger partial charge < -0.3 is 9.64 Å². The molecule has 5 nitrogen and oxygen atoms in total. The van der Waals surface area contributed by atoms with Crippen LogP contribution in [0.2, 0.25) is 0 Å². The lowest BCUT2D eigenvalue weighted by Crippen LogP contribution is -2.42. The predicted molar refractivity (Wildman–Crippen MR) is 118 cm³/mol. The van der Waals surface area contributed by atoms with Crippen LogP contribution in [0.3, 0.4) is 0 Å². The number of aromatic nitrogens is 1. The first kappa shape index (κ1) is 20.6. The fourth-order valence-electron chi connectivity index (χ4n) is 4.66. The van der Waals surface area contributed by atoms with E-state index in [9.17, 15) is 4.79 Å². The second kappa shape index (κ2) is 9.90. The number of ether oxygens (including phenoxy) is 1. The maximum atomic E-state index is 13.4. The van der Waals surface area contributed by atoms with Gasteiger partial charge in [-0.25, -0.2) is 0 Å². The number of benzene rings is 1. The first-order chi connectivity index (χ1) is 14.7. The minimum Gasteiger partial charge on any atom is -0.497 e. The Morgan fingerprint density at radius 1 is 1.07 bits per heavy atom. The number of rotatable bonds is 6. The van der Waals surface area contributed by atoms with Crippen molar-refractivity contribution in [2.24, 2.45) is 11.8 Å². The van der Waals surface area contributed by atoms with E-state index >= 15 is 0 Å². The van der Waals surface area contributed by atoms with Crippen LogP contribution in [-0.2, 0) is 17.9 Å². The lowest BCUT2D eigenvalue weighted by Gasteiger charge is -2.36. The smallest absolute Gasteiger partial charge is 0.226 e. The molecular formula is C25H31N3O2. The third-order valence-corrected chi connectivity index (χ3v) is 6.35. The number of carbonyl (C=O) groups is 1. The second-order valence-electron chi connectivity index (χ2n) is 8.36. The first-order valence-electron chi connectivity index (χ1n) is 10.9. The highest BCUT2D eigenvalue weighted by atomic mass is 16.5. The summed E-state index contributed by atoms with van der Waals surface area (Å²) in [6.07, 6.45) is 11.1. The third-order valence-electron chi connectivity index (χ3n) is 6.35. The summed E-state index contributed by atoms with van der Waals surface area (Å²) >= 11 is 0. The van der Waals surface area contributed by atoms with Crippen molar-refractivity contribution in [2.75, 3.05) is 26.7 Å². The minimum atomic E-state index is 0.0925. The molecule has 5 heteroatoms. The summed E-state index contributed by atoms with van der Waals surface area (Å²) < 4.78 is 5.34. The van der Waals surface area contributed by atoms with Crippen LogP contribution in [0, 0.1) is 11.8 Å². The van der Waals surface area contributed by atoms with E-state index in [1.165, 1.54) is 5.56 Å². The molecular weight excluding hydrogens is 374 g/mol. The van der Waals surface area contributed by atoms with Gasteiger partial charge in [-0.3, -0.25) is 14.7 Å². The Morgan fingerprint density at radius 2 is 1.90 bits per heavy atom. The van der Waals surface area contributed by atoms with E-state index < -0.39 is 0 Å². The molecule has 0 spiro atoms. The standard InChI is InChI=1S/C25H31N3O2/c1-30-23-8-4-6-20(16-23)19-28-13-3-2-9-24(25(28)29)22-10-14-27(15-11-22)18-21-7-5-12-26-17-21/h2-8,12,16-17,22,24H,9-11,13-15,18-19H2,1H3/t24-/m1/s1. The average molecular weight is 406 g/mol. The fourth-order valence-corrected chi connectivity index (χ4v) is 4.66. The zero-order valence-electron chi connectivity index (χ0n) is 17.7. The fraction of sp³-hybridized carbons (Fsp3) is 0.440. The van der Waals surface area contributed by atoms with Crippen molar-refractivity contribution in [3.8, 4) is 5.75 Å². The van der Waals surface area contributed by atoms with Crippen molar-refractivity contribution < 1.29 is 9.53 Å². The maximum absolute atomic E-state index is 13.4. The van der Waals surface area contributed by atoms with Gasteiger partial charge in [-0.05, 0) is 67.6 Å². The molecule has 2 aromatic rings. The molecule has 0 saturated carbocycles. The topological polar surface area (TPSA) is 45.7 Å². The van der Waals surface area contributed by atoms with Gasteiger partial charge in [0.05, 0.1) is 7.11 Å². The van der Waals surface area contributed by atoms with Gasteiger partial charge in [-0.2, -0.15) is 0 Å². The molecule has 158 valence electrons. The van der Waals surface area contributed by atoms with Gasteiger partial charge in [0.25, 0.3) is 0 Å². The molecule has 1 saturated heterocycles. The van der Waals surface area contributed by atoms with Gasteiger partial charge in [-0.1, -0.05) is 30.4 Å². The number of nitrogens with zero attached hydrogens (tertiary/aromatic N) is 3. The molecule has 3 heterocycles. The van der Waals surface area contributed by atoms with Crippen LogP contribution in [0.4, 0.5) is 0 Å². The highest BCUT2D eigenvalue weighted by Gasteiger charge is 2.34. The normalized spacial score (nSPS) is 20.9.